The van der Waals surface area contributed by atoms with Gasteiger partial charge in [-0.25, -0.2) is 0 Å². The van der Waals surface area contributed by atoms with Crippen molar-refractivity contribution in [2.45, 2.75) is 56.8 Å². The van der Waals surface area contributed by atoms with Gasteiger partial charge in [0.2, 0.25) is 0 Å². The summed E-state index contributed by atoms with van der Waals surface area (Å²) >= 11 is 0. The molecule has 170 valence electrons. The number of carboxylic acids is 1. The van der Waals surface area contributed by atoms with Gasteiger partial charge in [-0.1, -0.05) is 43.2 Å². The van der Waals surface area contributed by atoms with Crippen LogP contribution in [0, 0.1) is 5.92 Å². The number of para-hydroxylation sites is 1. The van der Waals surface area contributed by atoms with Crippen LogP contribution in [0.3, 0.4) is 0 Å². The Labute approximate surface area is 190 Å². The van der Waals surface area contributed by atoms with Gasteiger partial charge in [0.25, 0.3) is 0 Å². The Morgan fingerprint density at radius 3 is 2.84 bits per heavy atom. The van der Waals surface area contributed by atoms with Crippen molar-refractivity contribution in [3.05, 3.63) is 58.7 Å². The molecule has 1 atom stereocenters. The third-order valence-electron chi connectivity index (χ3n) is 8.02. The van der Waals surface area contributed by atoms with Crippen LogP contribution >= 0.6 is 0 Å². The number of aromatic hydroxyl groups is 1. The zero-order valence-corrected chi connectivity index (χ0v) is 18.7. The highest BCUT2D eigenvalue weighted by Gasteiger charge is 2.46. The summed E-state index contributed by atoms with van der Waals surface area (Å²) in [5.74, 6) is 0.867. The molecule has 2 fully saturated rings. The number of hydrogen-bond acceptors (Lipinski definition) is 4. The van der Waals surface area contributed by atoms with Gasteiger partial charge in [-0.3, -0.25) is 4.79 Å². The van der Waals surface area contributed by atoms with Crippen LogP contribution in [0.15, 0.2) is 36.4 Å². The molecule has 2 N–H and O–H groups in total. The van der Waals surface area contributed by atoms with Crippen molar-refractivity contribution in [2.24, 2.45) is 5.92 Å². The smallest absolute Gasteiger partial charge is 0.307 e. The molecule has 2 aromatic carbocycles. The predicted octanol–water partition coefficient (Wildman–Crippen LogP) is 4.33. The lowest BCUT2D eigenvalue weighted by atomic mass is 9.67. The molecule has 1 saturated carbocycles. The van der Waals surface area contributed by atoms with Gasteiger partial charge in [0, 0.05) is 36.1 Å². The second-order valence-electron chi connectivity index (χ2n) is 9.82. The summed E-state index contributed by atoms with van der Waals surface area (Å²) < 4.78 is 5.63. The highest BCUT2D eigenvalue weighted by atomic mass is 16.5. The highest BCUT2D eigenvalue weighted by molar-refractivity contribution is 5.71. The van der Waals surface area contributed by atoms with Crippen LogP contribution in [0.4, 0.5) is 0 Å². The maximum absolute atomic E-state index is 11.3. The first-order valence-corrected chi connectivity index (χ1v) is 12.1. The largest absolute Gasteiger partial charge is 0.507 e. The first-order valence-electron chi connectivity index (χ1n) is 12.1. The lowest BCUT2D eigenvalue weighted by Crippen LogP contribution is -2.35. The van der Waals surface area contributed by atoms with Gasteiger partial charge in [0.1, 0.15) is 11.5 Å². The highest BCUT2D eigenvalue weighted by Crippen LogP contribution is 2.52. The first kappa shape index (κ1) is 21.3. The van der Waals surface area contributed by atoms with E-state index in [9.17, 15) is 15.0 Å². The number of carbonyl (C=O) groups is 1. The van der Waals surface area contributed by atoms with E-state index in [0.29, 0.717) is 11.5 Å². The second-order valence-corrected chi connectivity index (χ2v) is 9.82. The van der Waals surface area contributed by atoms with E-state index in [1.807, 2.05) is 12.1 Å². The van der Waals surface area contributed by atoms with Crippen LogP contribution in [0.2, 0.25) is 0 Å². The number of ether oxygens (including phenoxy) is 1. The number of phenolic OH excluding ortho intramolecular Hbond substituents is 1. The lowest BCUT2D eigenvalue weighted by molar-refractivity contribution is -0.136. The summed E-state index contributed by atoms with van der Waals surface area (Å²) in [4.78, 5) is 13.8. The van der Waals surface area contributed by atoms with Crippen molar-refractivity contribution in [1.29, 1.82) is 0 Å². The molecule has 32 heavy (non-hydrogen) atoms. The molecule has 0 amide bonds. The molecule has 1 unspecified atom stereocenters. The van der Waals surface area contributed by atoms with Crippen LogP contribution in [0.5, 0.6) is 11.5 Å². The maximum atomic E-state index is 11.3. The lowest BCUT2D eigenvalue weighted by Gasteiger charge is -2.37. The maximum Gasteiger partial charge on any atom is 0.307 e. The van der Waals surface area contributed by atoms with Crippen molar-refractivity contribution in [2.75, 3.05) is 26.2 Å². The van der Waals surface area contributed by atoms with Gasteiger partial charge in [-0.2, -0.15) is 0 Å². The monoisotopic (exact) mass is 435 g/mol. The number of phenols is 1. The molecule has 2 aromatic rings. The van der Waals surface area contributed by atoms with Gasteiger partial charge in [-0.05, 0) is 55.3 Å². The van der Waals surface area contributed by atoms with Crippen molar-refractivity contribution < 1.29 is 19.7 Å². The summed E-state index contributed by atoms with van der Waals surface area (Å²) in [6.45, 7) is 4.00. The Hall–Kier alpha value is -2.53. The zero-order valence-electron chi connectivity index (χ0n) is 18.7. The molecule has 5 rings (SSSR count). The summed E-state index contributed by atoms with van der Waals surface area (Å²) in [5.41, 5.74) is 4.21. The fourth-order valence-electron chi connectivity index (χ4n) is 6.37. The van der Waals surface area contributed by atoms with Crippen molar-refractivity contribution in [1.82, 2.24) is 4.90 Å². The molecule has 2 aliphatic heterocycles. The number of carboxylic acid groups (broad SMARTS) is 1. The molecule has 5 nitrogen and oxygen atoms in total. The number of aliphatic carboxylic acids is 1. The van der Waals surface area contributed by atoms with Crippen molar-refractivity contribution >= 4 is 5.97 Å². The van der Waals surface area contributed by atoms with Crippen LogP contribution in [-0.4, -0.2) is 47.3 Å². The molecular formula is C27H33NO4. The minimum Gasteiger partial charge on any atom is -0.507 e. The van der Waals surface area contributed by atoms with Crippen LogP contribution in [0.1, 0.15) is 54.4 Å². The normalized spacial score (nSPS) is 22.1. The van der Waals surface area contributed by atoms with Gasteiger partial charge in [0.05, 0.1) is 13.0 Å². The van der Waals surface area contributed by atoms with Gasteiger partial charge < -0.3 is 19.8 Å². The number of benzene rings is 2. The van der Waals surface area contributed by atoms with Crippen LogP contribution < -0.4 is 4.74 Å². The molecule has 2 heterocycles. The topological polar surface area (TPSA) is 70.0 Å². The number of rotatable bonds is 7. The third-order valence-corrected chi connectivity index (χ3v) is 8.02. The van der Waals surface area contributed by atoms with E-state index < -0.39 is 5.97 Å². The number of likely N-dealkylation sites (tertiary alicyclic amines) is 1. The van der Waals surface area contributed by atoms with E-state index in [4.69, 9.17) is 4.74 Å². The van der Waals surface area contributed by atoms with Gasteiger partial charge in [-0.15, -0.1) is 0 Å². The van der Waals surface area contributed by atoms with Gasteiger partial charge >= 0.3 is 5.97 Å². The molecular weight excluding hydrogens is 402 g/mol. The molecule has 3 aliphatic rings. The quantitative estimate of drug-likeness (QED) is 0.677. The third kappa shape index (κ3) is 3.99. The van der Waals surface area contributed by atoms with Crippen molar-refractivity contribution in [3.63, 3.8) is 0 Å². The average molecular weight is 436 g/mol. The first-order chi connectivity index (χ1) is 15.5. The zero-order chi connectivity index (χ0) is 22.1. The summed E-state index contributed by atoms with van der Waals surface area (Å²) in [5, 5.41) is 20.3. The van der Waals surface area contributed by atoms with E-state index in [-0.39, 0.29) is 17.6 Å². The number of nitrogens with zero attached hydrogens (tertiary/aromatic N) is 1. The van der Waals surface area contributed by atoms with E-state index in [2.05, 4.69) is 23.1 Å². The number of hydrogen-bond donors (Lipinski definition) is 2. The molecule has 0 aromatic heterocycles. The van der Waals surface area contributed by atoms with E-state index in [1.165, 1.54) is 24.0 Å². The van der Waals surface area contributed by atoms with E-state index >= 15 is 0 Å². The molecule has 0 spiro atoms. The van der Waals surface area contributed by atoms with Crippen molar-refractivity contribution in [3.8, 4) is 11.5 Å². The summed E-state index contributed by atoms with van der Waals surface area (Å²) in [6.07, 6.45) is 7.60. The minimum atomic E-state index is -0.900. The Bertz CT molecular complexity index is 995. The van der Waals surface area contributed by atoms with Crippen LogP contribution in [0.25, 0.3) is 0 Å². The Morgan fingerprint density at radius 1 is 1.19 bits per heavy atom. The fourth-order valence-corrected chi connectivity index (χ4v) is 6.37. The Kier molecular flexibility index (Phi) is 5.85. The fraction of sp³-hybridized carbons (Fsp3) is 0.519. The minimum absolute atomic E-state index is 0.0295. The van der Waals surface area contributed by atoms with Crippen LogP contribution in [-0.2, 0) is 29.5 Å². The average Bonchev–Trinajstić information content (AvgIpc) is 3.53. The van der Waals surface area contributed by atoms with E-state index in [1.54, 1.807) is 6.07 Å². The summed E-state index contributed by atoms with van der Waals surface area (Å²) in [6, 6.07) is 12.3. The summed E-state index contributed by atoms with van der Waals surface area (Å²) in [7, 11) is 0. The molecule has 1 saturated heterocycles. The number of fused-ring (bicyclic) bond motifs is 1. The predicted molar refractivity (Wildman–Crippen MR) is 123 cm³/mol. The van der Waals surface area contributed by atoms with E-state index in [0.717, 1.165) is 69.7 Å². The van der Waals surface area contributed by atoms with Gasteiger partial charge in [0.15, 0.2) is 0 Å². The molecule has 5 heteroatoms. The Morgan fingerprint density at radius 2 is 2.03 bits per heavy atom. The molecule has 1 aliphatic carbocycles. The molecule has 0 radical (unpaired) electrons. The second kappa shape index (κ2) is 8.78. The standard InChI is InChI=1S/C27H33NO4/c29-25(30)17-21-4-3-5-23(26(21)31)27(11-1-2-12-27)22-9-14-28(18-22)13-8-19-6-7-24-20(16-19)10-15-32-24/h3-7,16,22,31H,1-2,8-15,17-18H2,(H,29,30). The Balaban J connectivity index is 1.30. The SMILES string of the molecule is O=C(O)Cc1cccc(C2(C3CCN(CCc4ccc5c(c4)CCO5)C3)CCCC2)c1O. The molecule has 0 bridgehead atoms.